The van der Waals surface area contributed by atoms with Crippen LogP contribution in [0.4, 0.5) is 14.0 Å². The van der Waals surface area contributed by atoms with Gasteiger partial charge in [-0.15, -0.1) is 0 Å². The number of urea groups is 1. The van der Waals surface area contributed by atoms with Crippen molar-refractivity contribution in [3.8, 4) is 11.5 Å². The number of ether oxygens (including phenoxy) is 3. The van der Waals surface area contributed by atoms with Gasteiger partial charge in [0.15, 0.2) is 6.04 Å². The number of carbonyl (C=O) groups excluding carboxylic acids is 3. The summed E-state index contributed by atoms with van der Waals surface area (Å²) in [6, 6.07) is 19.9. The molecule has 198 valence electrons. The van der Waals surface area contributed by atoms with Crippen LogP contribution >= 0.6 is 0 Å². The third kappa shape index (κ3) is 6.88. The number of nitrogens with zero attached hydrogens (tertiary/aromatic N) is 2. The second kappa shape index (κ2) is 11.3. The fraction of sp³-hybridized carbons (Fsp3) is 0.276. The molecule has 0 aliphatic carbocycles. The highest BCUT2D eigenvalue weighted by Crippen LogP contribution is 2.26. The van der Waals surface area contributed by atoms with Crippen molar-refractivity contribution in [3.63, 3.8) is 0 Å². The van der Waals surface area contributed by atoms with Crippen molar-refractivity contribution in [2.75, 3.05) is 6.54 Å². The first-order valence-electron chi connectivity index (χ1n) is 12.1. The normalized spacial score (nSPS) is 15.4. The highest BCUT2D eigenvalue weighted by molar-refractivity contribution is 5.98. The van der Waals surface area contributed by atoms with E-state index in [0.29, 0.717) is 11.5 Å². The molecule has 8 nitrogen and oxygen atoms in total. The first kappa shape index (κ1) is 26.7. The summed E-state index contributed by atoms with van der Waals surface area (Å²) in [5.41, 5.74) is 0.710. The zero-order valence-electron chi connectivity index (χ0n) is 21.4. The van der Waals surface area contributed by atoms with Crippen LogP contribution in [0, 0.1) is 5.82 Å². The Morgan fingerprint density at radius 3 is 2.11 bits per heavy atom. The lowest BCUT2D eigenvalue weighted by Gasteiger charge is -2.24. The Labute approximate surface area is 220 Å². The zero-order chi connectivity index (χ0) is 27.3. The van der Waals surface area contributed by atoms with Gasteiger partial charge in [0.1, 0.15) is 29.5 Å². The Balaban J connectivity index is 1.46. The lowest BCUT2D eigenvalue weighted by Crippen LogP contribution is -2.46. The number of hydrogen-bond acceptors (Lipinski definition) is 6. The van der Waals surface area contributed by atoms with E-state index in [4.69, 9.17) is 14.2 Å². The Morgan fingerprint density at radius 1 is 0.895 bits per heavy atom. The molecule has 0 spiro atoms. The largest absolute Gasteiger partial charge is 0.458 e. The van der Waals surface area contributed by atoms with Crippen LogP contribution in [0.25, 0.3) is 0 Å². The number of imide groups is 1. The maximum Gasteiger partial charge on any atom is 0.419 e. The van der Waals surface area contributed by atoms with Crippen LogP contribution in [0.2, 0.25) is 0 Å². The Kier molecular flexibility index (Phi) is 7.95. The number of benzene rings is 3. The average Bonchev–Trinajstić information content (AvgIpc) is 3.21. The second-order valence-electron chi connectivity index (χ2n) is 9.82. The minimum atomic E-state index is -1.15. The van der Waals surface area contributed by atoms with Crippen molar-refractivity contribution in [2.24, 2.45) is 0 Å². The number of carbonyl (C=O) groups is 3. The average molecular weight is 521 g/mol. The fourth-order valence-corrected chi connectivity index (χ4v) is 3.85. The van der Waals surface area contributed by atoms with Crippen molar-refractivity contribution < 1.29 is 33.0 Å². The monoisotopic (exact) mass is 520 g/mol. The van der Waals surface area contributed by atoms with Gasteiger partial charge in [-0.05, 0) is 68.3 Å². The molecule has 1 saturated heterocycles. The SMILES string of the molecule is CC(C)(C)OC(=O)C1CN(Cc2ccc(Oc3ccc(F)cc3)cc2)C(=O)N1C(=O)OCc1ccccc1. The van der Waals surface area contributed by atoms with Crippen LogP contribution in [0.5, 0.6) is 11.5 Å². The van der Waals surface area contributed by atoms with Gasteiger partial charge in [0, 0.05) is 6.54 Å². The second-order valence-corrected chi connectivity index (χ2v) is 9.82. The molecule has 38 heavy (non-hydrogen) atoms. The molecule has 0 bridgehead atoms. The maximum atomic E-state index is 13.3. The summed E-state index contributed by atoms with van der Waals surface area (Å²) in [6.07, 6.45) is -0.916. The molecule has 3 aromatic carbocycles. The number of hydrogen-bond donors (Lipinski definition) is 0. The molecular formula is C29H29FN2O6. The van der Waals surface area contributed by atoms with Crippen LogP contribution in [-0.2, 0) is 27.4 Å². The summed E-state index contributed by atoms with van der Waals surface area (Å²) in [6.45, 7) is 5.21. The number of halogens is 1. The van der Waals surface area contributed by atoms with Gasteiger partial charge in [0.2, 0.25) is 0 Å². The van der Waals surface area contributed by atoms with Gasteiger partial charge in [-0.25, -0.2) is 23.7 Å². The van der Waals surface area contributed by atoms with E-state index in [1.807, 2.05) is 18.2 Å². The molecule has 4 rings (SSSR count). The predicted molar refractivity (Wildman–Crippen MR) is 137 cm³/mol. The highest BCUT2D eigenvalue weighted by atomic mass is 19.1. The van der Waals surface area contributed by atoms with E-state index in [1.165, 1.54) is 29.2 Å². The molecular weight excluding hydrogens is 491 g/mol. The van der Waals surface area contributed by atoms with Gasteiger partial charge in [-0.2, -0.15) is 0 Å². The zero-order valence-corrected chi connectivity index (χ0v) is 21.4. The summed E-state index contributed by atoms with van der Waals surface area (Å²) in [4.78, 5) is 41.4. The minimum Gasteiger partial charge on any atom is -0.458 e. The lowest BCUT2D eigenvalue weighted by atomic mass is 10.2. The van der Waals surface area contributed by atoms with Crippen LogP contribution in [-0.4, -0.2) is 46.1 Å². The number of amides is 3. The molecule has 9 heteroatoms. The highest BCUT2D eigenvalue weighted by Gasteiger charge is 2.47. The van der Waals surface area contributed by atoms with Crippen molar-refractivity contribution in [3.05, 3.63) is 95.8 Å². The van der Waals surface area contributed by atoms with Gasteiger partial charge in [-0.3, -0.25) is 0 Å². The van der Waals surface area contributed by atoms with Gasteiger partial charge in [0.25, 0.3) is 0 Å². The molecule has 1 heterocycles. The van der Waals surface area contributed by atoms with E-state index < -0.39 is 29.7 Å². The smallest absolute Gasteiger partial charge is 0.419 e. The summed E-state index contributed by atoms with van der Waals surface area (Å²) in [5.74, 6) is -0.0247. The number of rotatable bonds is 7. The molecule has 0 aromatic heterocycles. The van der Waals surface area contributed by atoms with E-state index in [0.717, 1.165) is 16.0 Å². The van der Waals surface area contributed by atoms with E-state index in [-0.39, 0.29) is 25.5 Å². The Bertz CT molecular complexity index is 1270. The molecule has 1 aliphatic rings. The molecule has 3 aromatic rings. The van der Waals surface area contributed by atoms with Crippen molar-refractivity contribution in [1.29, 1.82) is 0 Å². The molecule has 0 N–H and O–H groups in total. The van der Waals surface area contributed by atoms with Gasteiger partial charge in [-0.1, -0.05) is 42.5 Å². The van der Waals surface area contributed by atoms with Crippen molar-refractivity contribution in [1.82, 2.24) is 9.80 Å². The molecule has 1 fully saturated rings. The van der Waals surface area contributed by atoms with Crippen molar-refractivity contribution in [2.45, 2.75) is 45.6 Å². The van der Waals surface area contributed by atoms with Crippen LogP contribution in [0.3, 0.4) is 0 Å². The molecule has 0 saturated carbocycles. The first-order chi connectivity index (χ1) is 18.1. The molecule has 1 unspecified atom stereocenters. The fourth-order valence-electron chi connectivity index (χ4n) is 3.85. The first-order valence-corrected chi connectivity index (χ1v) is 12.1. The molecule has 3 amide bonds. The third-order valence-corrected chi connectivity index (χ3v) is 5.61. The topological polar surface area (TPSA) is 85.4 Å². The quantitative estimate of drug-likeness (QED) is 0.361. The standard InChI is InChI=1S/C29H29FN2O6/c1-29(2,3)38-26(33)25-18-31(27(34)32(25)28(35)36-19-21-7-5-4-6-8-21)17-20-9-13-23(14-10-20)37-24-15-11-22(30)12-16-24/h4-16,25H,17-19H2,1-3H3. The summed E-state index contributed by atoms with van der Waals surface area (Å²) in [7, 11) is 0. The number of esters is 1. The van der Waals surface area contributed by atoms with Crippen molar-refractivity contribution >= 4 is 18.1 Å². The van der Waals surface area contributed by atoms with E-state index in [9.17, 15) is 18.8 Å². The molecule has 1 atom stereocenters. The van der Waals surface area contributed by atoms with Crippen LogP contribution in [0.15, 0.2) is 78.9 Å². The summed E-state index contributed by atoms with van der Waals surface area (Å²) >= 11 is 0. The van der Waals surface area contributed by atoms with E-state index in [1.54, 1.807) is 57.2 Å². The Morgan fingerprint density at radius 2 is 1.50 bits per heavy atom. The third-order valence-electron chi connectivity index (χ3n) is 5.61. The predicted octanol–water partition coefficient (Wildman–Crippen LogP) is 5.90. The van der Waals surface area contributed by atoms with Gasteiger partial charge >= 0.3 is 18.1 Å². The lowest BCUT2D eigenvalue weighted by molar-refractivity contribution is -0.159. The Hall–Kier alpha value is -4.40. The van der Waals surface area contributed by atoms with E-state index >= 15 is 0 Å². The minimum absolute atomic E-state index is 0.0397. The van der Waals surface area contributed by atoms with E-state index in [2.05, 4.69) is 0 Å². The maximum absolute atomic E-state index is 13.3. The van der Waals surface area contributed by atoms with Crippen LogP contribution < -0.4 is 4.74 Å². The van der Waals surface area contributed by atoms with Crippen LogP contribution in [0.1, 0.15) is 31.9 Å². The van der Waals surface area contributed by atoms with Gasteiger partial charge < -0.3 is 19.1 Å². The molecule has 1 aliphatic heterocycles. The molecule has 0 radical (unpaired) electrons. The van der Waals surface area contributed by atoms with Gasteiger partial charge in [0.05, 0.1) is 6.54 Å². The summed E-state index contributed by atoms with van der Waals surface area (Å²) < 4.78 is 29.7. The summed E-state index contributed by atoms with van der Waals surface area (Å²) in [5, 5.41) is 0.